The Bertz CT molecular complexity index is 283. The average molecular weight is 193 g/mol. The fourth-order valence-corrected chi connectivity index (χ4v) is 1.56. The summed E-state index contributed by atoms with van der Waals surface area (Å²) in [5.74, 6) is 0. The summed E-state index contributed by atoms with van der Waals surface area (Å²) in [5, 5.41) is 9.34. The number of benzene rings is 1. The highest BCUT2D eigenvalue weighted by molar-refractivity contribution is 5.48. The van der Waals surface area contributed by atoms with Crippen LogP contribution in [0.2, 0.25) is 0 Å². The van der Waals surface area contributed by atoms with Crippen molar-refractivity contribution < 1.29 is 5.11 Å². The van der Waals surface area contributed by atoms with Crippen LogP contribution < -0.4 is 4.90 Å². The zero-order chi connectivity index (χ0) is 10.6. The fraction of sp³-hybridized carbons (Fsp3) is 0.500. The summed E-state index contributed by atoms with van der Waals surface area (Å²) < 4.78 is 0. The first-order valence-electron chi connectivity index (χ1n) is 5.13. The third-order valence-corrected chi connectivity index (χ3v) is 2.23. The van der Waals surface area contributed by atoms with Crippen LogP contribution in [-0.2, 0) is 0 Å². The summed E-state index contributed by atoms with van der Waals surface area (Å²) in [6, 6.07) is 8.36. The van der Waals surface area contributed by atoms with E-state index in [1.807, 2.05) is 6.92 Å². The van der Waals surface area contributed by atoms with Gasteiger partial charge in [0.25, 0.3) is 0 Å². The van der Waals surface area contributed by atoms with E-state index >= 15 is 0 Å². The number of hydrogen-bond acceptors (Lipinski definition) is 2. The van der Waals surface area contributed by atoms with Crippen LogP contribution in [0.5, 0.6) is 0 Å². The van der Waals surface area contributed by atoms with Crippen LogP contribution in [0.4, 0.5) is 5.69 Å². The zero-order valence-corrected chi connectivity index (χ0v) is 9.20. The van der Waals surface area contributed by atoms with Crippen molar-refractivity contribution >= 4 is 5.69 Å². The number of nitrogens with zero attached hydrogens (tertiary/aromatic N) is 1. The van der Waals surface area contributed by atoms with E-state index in [1.54, 1.807) is 0 Å². The number of aryl methyl sites for hydroxylation is 1. The lowest BCUT2D eigenvalue weighted by Crippen LogP contribution is -2.30. The van der Waals surface area contributed by atoms with Crippen molar-refractivity contribution in [1.82, 2.24) is 0 Å². The second-order valence-corrected chi connectivity index (χ2v) is 3.73. The summed E-state index contributed by atoms with van der Waals surface area (Å²) in [7, 11) is 0. The van der Waals surface area contributed by atoms with Crippen LogP contribution in [0.3, 0.4) is 0 Å². The molecule has 0 aliphatic rings. The Morgan fingerprint density at radius 1 is 1.43 bits per heavy atom. The van der Waals surface area contributed by atoms with Gasteiger partial charge < -0.3 is 10.0 Å². The molecule has 1 rings (SSSR count). The van der Waals surface area contributed by atoms with Gasteiger partial charge in [0, 0.05) is 18.8 Å². The van der Waals surface area contributed by atoms with E-state index in [-0.39, 0.29) is 6.10 Å². The Balaban J connectivity index is 2.78. The molecule has 2 heteroatoms. The van der Waals surface area contributed by atoms with Crippen molar-refractivity contribution in [3.05, 3.63) is 29.8 Å². The predicted molar refractivity (Wildman–Crippen MR) is 60.7 cm³/mol. The van der Waals surface area contributed by atoms with Gasteiger partial charge in [-0.1, -0.05) is 12.1 Å². The van der Waals surface area contributed by atoms with Gasteiger partial charge in [-0.05, 0) is 38.5 Å². The van der Waals surface area contributed by atoms with E-state index in [0.717, 1.165) is 6.54 Å². The summed E-state index contributed by atoms with van der Waals surface area (Å²) in [6.07, 6.45) is -0.282. The molecule has 0 aliphatic heterocycles. The SMILES string of the molecule is CCN(C[C@@H](C)O)c1cccc(C)c1. The van der Waals surface area contributed by atoms with E-state index in [4.69, 9.17) is 0 Å². The largest absolute Gasteiger partial charge is 0.392 e. The Morgan fingerprint density at radius 3 is 2.64 bits per heavy atom. The molecule has 1 N–H and O–H groups in total. The molecule has 0 heterocycles. The summed E-state index contributed by atoms with van der Waals surface area (Å²) >= 11 is 0. The van der Waals surface area contributed by atoms with Gasteiger partial charge in [-0.25, -0.2) is 0 Å². The van der Waals surface area contributed by atoms with E-state index in [2.05, 4.69) is 43.0 Å². The Hall–Kier alpha value is -1.02. The number of rotatable bonds is 4. The molecule has 0 amide bonds. The van der Waals surface area contributed by atoms with Crippen molar-refractivity contribution in [3.63, 3.8) is 0 Å². The maximum atomic E-state index is 9.34. The standard InChI is InChI=1S/C12H19NO/c1-4-13(9-11(3)14)12-7-5-6-10(2)8-12/h5-8,11,14H,4,9H2,1-3H3/t11-/m1/s1. The van der Waals surface area contributed by atoms with E-state index in [0.29, 0.717) is 6.54 Å². The van der Waals surface area contributed by atoms with E-state index in [9.17, 15) is 5.11 Å². The van der Waals surface area contributed by atoms with Gasteiger partial charge in [-0.3, -0.25) is 0 Å². The molecule has 1 atom stereocenters. The van der Waals surface area contributed by atoms with Crippen LogP contribution in [0, 0.1) is 6.92 Å². The van der Waals surface area contributed by atoms with Crippen LogP contribution in [0.1, 0.15) is 19.4 Å². The molecular formula is C12H19NO. The van der Waals surface area contributed by atoms with Crippen molar-refractivity contribution in [2.75, 3.05) is 18.0 Å². The van der Waals surface area contributed by atoms with Crippen LogP contribution in [-0.4, -0.2) is 24.3 Å². The zero-order valence-electron chi connectivity index (χ0n) is 9.20. The number of likely N-dealkylation sites (N-methyl/N-ethyl adjacent to an activating group) is 1. The quantitative estimate of drug-likeness (QED) is 0.792. The molecule has 78 valence electrons. The van der Waals surface area contributed by atoms with Crippen LogP contribution in [0.15, 0.2) is 24.3 Å². The molecule has 0 bridgehead atoms. The lowest BCUT2D eigenvalue weighted by molar-refractivity contribution is 0.200. The van der Waals surface area contributed by atoms with Crippen molar-refractivity contribution in [3.8, 4) is 0 Å². The van der Waals surface area contributed by atoms with Gasteiger partial charge in [0.05, 0.1) is 6.10 Å². The number of hydrogen-bond donors (Lipinski definition) is 1. The molecule has 0 unspecified atom stereocenters. The smallest absolute Gasteiger partial charge is 0.0687 e. The van der Waals surface area contributed by atoms with Gasteiger partial charge in [-0.15, -0.1) is 0 Å². The highest BCUT2D eigenvalue weighted by atomic mass is 16.3. The lowest BCUT2D eigenvalue weighted by Gasteiger charge is -2.24. The number of aliphatic hydroxyl groups excluding tert-OH is 1. The maximum Gasteiger partial charge on any atom is 0.0687 e. The minimum atomic E-state index is -0.282. The molecule has 1 aromatic carbocycles. The molecule has 2 nitrogen and oxygen atoms in total. The topological polar surface area (TPSA) is 23.5 Å². The Morgan fingerprint density at radius 2 is 2.14 bits per heavy atom. The number of anilines is 1. The third-order valence-electron chi connectivity index (χ3n) is 2.23. The Labute approximate surface area is 86.2 Å². The molecule has 0 radical (unpaired) electrons. The highest BCUT2D eigenvalue weighted by Crippen LogP contribution is 2.15. The molecule has 14 heavy (non-hydrogen) atoms. The van der Waals surface area contributed by atoms with Crippen molar-refractivity contribution in [1.29, 1.82) is 0 Å². The van der Waals surface area contributed by atoms with E-state index < -0.39 is 0 Å². The van der Waals surface area contributed by atoms with Gasteiger partial charge in [0.15, 0.2) is 0 Å². The summed E-state index contributed by atoms with van der Waals surface area (Å²) in [6.45, 7) is 7.62. The molecule has 0 spiro atoms. The lowest BCUT2D eigenvalue weighted by atomic mass is 10.2. The molecule has 0 aromatic heterocycles. The highest BCUT2D eigenvalue weighted by Gasteiger charge is 2.06. The monoisotopic (exact) mass is 193 g/mol. The first kappa shape index (κ1) is 11.1. The molecule has 0 saturated heterocycles. The molecule has 0 saturated carbocycles. The summed E-state index contributed by atoms with van der Waals surface area (Å²) in [4.78, 5) is 2.18. The fourth-order valence-electron chi connectivity index (χ4n) is 1.56. The van der Waals surface area contributed by atoms with Gasteiger partial charge in [0.2, 0.25) is 0 Å². The van der Waals surface area contributed by atoms with Crippen LogP contribution in [0.25, 0.3) is 0 Å². The predicted octanol–water partition coefficient (Wildman–Crippen LogP) is 2.20. The first-order chi connectivity index (χ1) is 6.63. The van der Waals surface area contributed by atoms with Crippen molar-refractivity contribution in [2.45, 2.75) is 26.9 Å². The number of aliphatic hydroxyl groups is 1. The van der Waals surface area contributed by atoms with Gasteiger partial charge in [0.1, 0.15) is 0 Å². The molecule has 0 aliphatic carbocycles. The third kappa shape index (κ3) is 3.04. The minimum absolute atomic E-state index is 0.282. The van der Waals surface area contributed by atoms with E-state index in [1.165, 1.54) is 11.3 Å². The van der Waals surface area contributed by atoms with Gasteiger partial charge >= 0.3 is 0 Å². The van der Waals surface area contributed by atoms with Crippen LogP contribution >= 0.6 is 0 Å². The molecule has 1 aromatic rings. The minimum Gasteiger partial charge on any atom is -0.392 e. The average Bonchev–Trinajstić information content (AvgIpc) is 2.14. The Kier molecular flexibility index (Phi) is 3.96. The maximum absolute atomic E-state index is 9.34. The molecular weight excluding hydrogens is 174 g/mol. The first-order valence-corrected chi connectivity index (χ1v) is 5.13. The van der Waals surface area contributed by atoms with Gasteiger partial charge in [-0.2, -0.15) is 0 Å². The normalized spacial score (nSPS) is 12.6. The summed E-state index contributed by atoms with van der Waals surface area (Å²) in [5.41, 5.74) is 2.44. The van der Waals surface area contributed by atoms with Crippen molar-refractivity contribution in [2.24, 2.45) is 0 Å². The second kappa shape index (κ2) is 5.01. The second-order valence-electron chi connectivity index (χ2n) is 3.73. The molecule has 0 fully saturated rings.